The zero-order valence-corrected chi connectivity index (χ0v) is 13.6. The average molecular weight is 341 g/mol. The number of carbonyl (C=O) groups excluding carboxylic acids is 2. The molecule has 7 nitrogen and oxygen atoms in total. The number of nitrogens with one attached hydrogen (secondary N) is 1. The summed E-state index contributed by atoms with van der Waals surface area (Å²) in [6.07, 6.45) is -0.0506. The van der Waals surface area contributed by atoms with Crippen molar-refractivity contribution in [3.05, 3.63) is 69.8 Å². The molecule has 2 rings (SSSR count). The number of amides is 1. The van der Waals surface area contributed by atoms with Crippen molar-refractivity contribution in [3.8, 4) is 0 Å². The van der Waals surface area contributed by atoms with Gasteiger partial charge in [-0.3, -0.25) is 14.9 Å². The number of aryl methyl sites for hydroxylation is 1. The second-order valence-electron chi connectivity index (χ2n) is 5.77. The minimum absolute atomic E-state index is 0.0925. The molecule has 130 valence electrons. The summed E-state index contributed by atoms with van der Waals surface area (Å²) in [7, 11) is 0. The lowest BCUT2D eigenvalue weighted by Crippen LogP contribution is -2.35. The van der Waals surface area contributed by atoms with Crippen molar-refractivity contribution < 1.29 is 19.6 Å². The van der Waals surface area contributed by atoms with E-state index in [0.29, 0.717) is 5.69 Å². The third kappa shape index (κ3) is 5.42. The Kier molecular flexibility index (Phi) is 5.84. The lowest BCUT2D eigenvalue weighted by molar-refractivity contribution is -0.384. The number of nitrogens with zero attached hydrogens (tertiary/aromatic N) is 1. The summed E-state index contributed by atoms with van der Waals surface area (Å²) in [6, 6.07) is 12.7. The van der Waals surface area contributed by atoms with Gasteiger partial charge >= 0.3 is 0 Å². The molecule has 1 atom stereocenters. The van der Waals surface area contributed by atoms with Crippen LogP contribution in [-0.4, -0.2) is 16.8 Å². The normalized spacial score (nSPS) is 11.6. The van der Waals surface area contributed by atoms with Crippen molar-refractivity contribution in [1.29, 1.82) is 0 Å². The molecule has 0 unspecified atom stereocenters. The molecule has 0 saturated carbocycles. The van der Waals surface area contributed by atoms with Gasteiger partial charge in [0.1, 0.15) is 0 Å². The van der Waals surface area contributed by atoms with E-state index in [2.05, 4.69) is 5.32 Å². The molecule has 0 aromatic heterocycles. The maximum atomic E-state index is 12.1. The predicted molar refractivity (Wildman–Crippen MR) is 89.7 cm³/mol. The van der Waals surface area contributed by atoms with E-state index in [9.17, 15) is 24.8 Å². The Balaban J connectivity index is 2.00. The number of carbonyl (C=O) groups is 2. The largest absolute Gasteiger partial charge is 0.550 e. The molecule has 2 aromatic carbocycles. The number of anilines is 1. The highest BCUT2D eigenvalue weighted by atomic mass is 16.6. The molecule has 0 aliphatic rings. The van der Waals surface area contributed by atoms with E-state index < -0.39 is 22.7 Å². The molecule has 1 N–H and O–H groups in total. The summed E-state index contributed by atoms with van der Waals surface area (Å²) in [5, 5.41) is 24.5. The van der Waals surface area contributed by atoms with Gasteiger partial charge in [-0.05, 0) is 31.0 Å². The van der Waals surface area contributed by atoms with Crippen LogP contribution in [0.3, 0.4) is 0 Å². The number of aliphatic carboxylic acids is 1. The van der Waals surface area contributed by atoms with Crippen LogP contribution in [0.2, 0.25) is 0 Å². The van der Waals surface area contributed by atoms with E-state index >= 15 is 0 Å². The maximum absolute atomic E-state index is 12.1. The first-order valence-electron chi connectivity index (χ1n) is 7.66. The van der Waals surface area contributed by atoms with E-state index in [1.165, 1.54) is 24.3 Å². The molecule has 7 heteroatoms. The number of nitro benzene ring substituents is 1. The topological polar surface area (TPSA) is 112 Å². The fourth-order valence-corrected chi connectivity index (χ4v) is 2.46. The summed E-state index contributed by atoms with van der Waals surface area (Å²) in [4.78, 5) is 33.5. The highest BCUT2D eigenvalue weighted by molar-refractivity contribution is 5.93. The summed E-state index contributed by atoms with van der Waals surface area (Å²) in [5.41, 5.74) is 2.09. The third-order valence-electron chi connectivity index (χ3n) is 3.69. The molecule has 0 saturated heterocycles. The SMILES string of the molecule is Cc1cccc(C[C@@H](CC(=O)Nc2ccc([N+](=O)[O-])cc2)C(=O)[O-])c1. The monoisotopic (exact) mass is 341 g/mol. The van der Waals surface area contributed by atoms with Crippen molar-refractivity contribution in [1.82, 2.24) is 0 Å². The molecule has 1 amide bonds. The van der Waals surface area contributed by atoms with Crippen LogP contribution in [-0.2, 0) is 16.0 Å². The van der Waals surface area contributed by atoms with E-state index in [-0.39, 0.29) is 18.5 Å². The van der Waals surface area contributed by atoms with Gasteiger partial charge in [0.25, 0.3) is 5.69 Å². The van der Waals surface area contributed by atoms with Crippen molar-refractivity contribution in [3.63, 3.8) is 0 Å². The number of carboxylic acids is 1. The first-order valence-corrected chi connectivity index (χ1v) is 7.66. The first kappa shape index (κ1) is 18.1. The summed E-state index contributed by atoms with van der Waals surface area (Å²) < 4.78 is 0. The van der Waals surface area contributed by atoms with Crippen LogP contribution in [0.25, 0.3) is 0 Å². The van der Waals surface area contributed by atoms with E-state index in [4.69, 9.17) is 0 Å². The van der Waals surface area contributed by atoms with Crippen LogP contribution in [0.15, 0.2) is 48.5 Å². The minimum atomic E-state index is -1.29. The molecule has 0 radical (unpaired) electrons. The molecule has 2 aromatic rings. The number of hydrogen-bond donors (Lipinski definition) is 1. The molecule has 0 aliphatic carbocycles. The van der Waals surface area contributed by atoms with Crippen LogP contribution in [0.1, 0.15) is 17.5 Å². The first-order chi connectivity index (χ1) is 11.8. The van der Waals surface area contributed by atoms with Crippen molar-refractivity contribution in [2.24, 2.45) is 5.92 Å². The second-order valence-corrected chi connectivity index (χ2v) is 5.77. The van der Waals surface area contributed by atoms with Gasteiger partial charge < -0.3 is 15.2 Å². The molecule has 0 spiro atoms. The third-order valence-corrected chi connectivity index (χ3v) is 3.69. The Hall–Kier alpha value is -3.22. The van der Waals surface area contributed by atoms with E-state index in [1.807, 2.05) is 25.1 Å². The molecule has 0 bridgehead atoms. The standard InChI is InChI=1S/C18H18N2O5/c1-12-3-2-4-13(9-12)10-14(18(22)23)11-17(21)19-15-5-7-16(8-6-15)20(24)25/h2-9,14H,10-11H2,1H3,(H,19,21)(H,22,23)/p-1/t14-/m0/s1. The Labute approximate surface area is 144 Å². The van der Waals surface area contributed by atoms with Crippen LogP contribution in [0, 0.1) is 23.0 Å². The Morgan fingerprint density at radius 2 is 1.84 bits per heavy atom. The number of carboxylic acid groups (broad SMARTS) is 1. The van der Waals surface area contributed by atoms with Crippen LogP contribution in [0.4, 0.5) is 11.4 Å². The predicted octanol–water partition coefficient (Wildman–Crippen LogP) is 1.84. The lowest BCUT2D eigenvalue weighted by Gasteiger charge is -2.18. The lowest BCUT2D eigenvalue weighted by atomic mass is 9.95. The molecule has 0 heterocycles. The zero-order valence-electron chi connectivity index (χ0n) is 13.6. The van der Waals surface area contributed by atoms with E-state index in [1.54, 1.807) is 6.07 Å². The minimum Gasteiger partial charge on any atom is -0.550 e. The number of benzene rings is 2. The fraction of sp³-hybridized carbons (Fsp3) is 0.222. The van der Waals surface area contributed by atoms with Crippen molar-refractivity contribution in [2.45, 2.75) is 19.8 Å². The molecular formula is C18H17N2O5-. The summed E-state index contributed by atoms with van der Waals surface area (Å²) >= 11 is 0. The Morgan fingerprint density at radius 3 is 2.40 bits per heavy atom. The quantitative estimate of drug-likeness (QED) is 0.610. The van der Waals surface area contributed by atoms with Gasteiger partial charge in [-0.1, -0.05) is 29.8 Å². The van der Waals surface area contributed by atoms with Gasteiger partial charge in [0.2, 0.25) is 5.91 Å². The highest BCUT2D eigenvalue weighted by Crippen LogP contribution is 2.18. The number of nitro groups is 1. The van der Waals surface area contributed by atoms with Crippen molar-refractivity contribution >= 4 is 23.3 Å². The number of rotatable bonds is 7. The van der Waals surface area contributed by atoms with Gasteiger partial charge in [0.15, 0.2) is 0 Å². The Morgan fingerprint density at radius 1 is 1.16 bits per heavy atom. The van der Waals surface area contributed by atoms with Gasteiger partial charge in [-0.25, -0.2) is 0 Å². The smallest absolute Gasteiger partial charge is 0.269 e. The van der Waals surface area contributed by atoms with Gasteiger partial charge in [0, 0.05) is 36.1 Å². The van der Waals surface area contributed by atoms with Gasteiger partial charge in [-0.15, -0.1) is 0 Å². The molecular weight excluding hydrogens is 324 g/mol. The number of hydrogen-bond acceptors (Lipinski definition) is 5. The van der Waals surface area contributed by atoms with Crippen LogP contribution >= 0.6 is 0 Å². The zero-order chi connectivity index (χ0) is 18.4. The molecule has 0 fully saturated rings. The summed E-state index contributed by atoms with van der Waals surface area (Å²) in [6.45, 7) is 1.90. The Bertz CT molecular complexity index is 786. The van der Waals surface area contributed by atoms with Gasteiger partial charge in [-0.2, -0.15) is 0 Å². The van der Waals surface area contributed by atoms with Crippen LogP contribution < -0.4 is 10.4 Å². The van der Waals surface area contributed by atoms with Gasteiger partial charge in [0.05, 0.1) is 4.92 Å². The number of non-ortho nitro benzene ring substituents is 1. The molecule has 25 heavy (non-hydrogen) atoms. The molecule has 0 aliphatic heterocycles. The summed E-state index contributed by atoms with van der Waals surface area (Å²) in [5.74, 6) is -2.74. The van der Waals surface area contributed by atoms with E-state index in [0.717, 1.165) is 11.1 Å². The second kappa shape index (κ2) is 8.05. The highest BCUT2D eigenvalue weighted by Gasteiger charge is 2.16. The average Bonchev–Trinajstić information content (AvgIpc) is 2.54. The van der Waals surface area contributed by atoms with Crippen molar-refractivity contribution in [2.75, 3.05) is 5.32 Å². The fourth-order valence-electron chi connectivity index (χ4n) is 2.46. The maximum Gasteiger partial charge on any atom is 0.269 e. The van der Waals surface area contributed by atoms with Crippen LogP contribution in [0.5, 0.6) is 0 Å².